The van der Waals surface area contributed by atoms with E-state index in [-0.39, 0.29) is 18.7 Å². The summed E-state index contributed by atoms with van der Waals surface area (Å²) in [5.74, 6) is -0.190. The molecule has 2 aromatic carbocycles. The molecule has 0 fully saturated rings. The van der Waals surface area contributed by atoms with Gasteiger partial charge in [0.15, 0.2) is 0 Å². The van der Waals surface area contributed by atoms with Crippen LogP contribution in [0.15, 0.2) is 48.7 Å². The number of alkyl halides is 3. The lowest BCUT2D eigenvalue weighted by Gasteiger charge is -2.09. The van der Waals surface area contributed by atoms with Crippen molar-refractivity contribution in [1.29, 1.82) is 0 Å². The van der Waals surface area contributed by atoms with Crippen molar-refractivity contribution in [3.8, 4) is 0 Å². The van der Waals surface area contributed by atoms with Gasteiger partial charge >= 0.3 is 6.18 Å². The zero-order valence-corrected chi connectivity index (χ0v) is 15.1. The van der Waals surface area contributed by atoms with Crippen LogP contribution in [0.25, 0.3) is 10.9 Å². The SMILES string of the molecule is O=C(CCc1cccc(C(F)(F)F)c1)NCCc1c[nH]c2ccc(Cl)cc12. The van der Waals surface area contributed by atoms with Crippen LogP contribution in [0.2, 0.25) is 5.02 Å². The smallest absolute Gasteiger partial charge is 0.361 e. The molecule has 3 aromatic rings. The quantitative estimate of drug-likeness (QED) is 0.598. The van der Waals surface area contributed by atoms with E-state index in [1.165, 1.54) is 6.07 Å². The van der Waals surface area contributed by atoms with Crippen LogP contribution in [-0.4, -0.2) is 17.4 Å². The van der Waals surface area contributed by atoms with E-state index in [9.17, 15) is 18.0 Å². The van der Waals surface area contributed by atoms with Crippen molar-refractivity contribution < 1.29 is 18.0 Å². The molecular weight excluding hydrogens is 377 g/mol. The third-order valence-electron chi connectivity index (χ3n) is 4.34. The highest BCUT2D eigenvalue weighted by atomic mass is 35.5. The molecule has 0 bridgehead atoms. The molecule has 142 valence electrons. The largest absolute Gasteiger partial charge is 0.416 e. The Hall–Kier alpha value is -2.47. The number of halogens is 4. The van der Waals surface area contributed by atoms with Gasteiger partial charge in [-0.1, -0.05) is 29.8 Å². The second kappa shape index (κ2) is 8.05. The Morgan fingerprint density at radius 1 is 1.11 bits per heavy atom. The molecule has 0 aliphatic heterocycles. The van der Waals surface area contributed by atoms with Crippen LogP contribution in [0.4, 0.5) is 13.2 Å². The molecule has 0 atom stereocenters. The van der Waals surface area contributed by atoms with E-state index in [0.717, 1.165) is 28.6 Å². The van der Waals surface area contributed by atoms with Gasteiger partial charge in [0, 0.05) is 35.1 Å². The van der Waals surface area contributed by atoms with Crippen LogP contribution in [0.1, 0.15) is 23.1 Å². The number of carbonyl (C=O) groups is 1. The Bertz CT molecular complexity index is 950. The maximum atomic E-state index is 12.7. The van der Waals surface area contributed by atoms with Gasteiger partial charge < -0.3 is 10.3 Å². The van der Waals surface area contributed by atoms with Gasteiger partial charge in [0.05, 0.1) is 5.56 Å². The summed E-state index contributed by atoms with van der Waals surface area (Å²) in [7, 11) is 0. The van der Waals surface area contributed by atoms with E-state index >= 15 is 0 Å². The standard InChI is InChI=1S/C20H18ClF3N2O/c21-16-5-6-18-17(11-16)14(12-26-18)8-9-25-19(27)7-4-13-2-1-3-15(10-13)20(22,23)24/h1-3,5-6,10-12,26H,4,7-9H2,(H,25,27). The van der Waals surface area contributed by atoms with Crippen molar-refractivity contribution >= 4 is 28.4 Å². The molecule has 27 heavy (non-hydrogen) atoms. The minimum absolute atomic E-state index is 0.140. The summed E-state index contributed by atoms with van der Waals surface area (Å²) < 4.78 is 38.1. The lowest BCUT2D eigenvalue weighted by molar-refractivity contribution is -0.137. The predicted molar refractivity (Wildman–Crippen MR) is 99.8 cm³/mol. The first-order chi connectivity index (χ1) is 12.8. The monoisotopic (exact) mass is 394 g/mol. The van der Waals surface area contributed by atoms with Crippen LogP contribution in [0.3, 0.4) is 0 Å². The van der Waals surface area contributed by atoms with Crippen LogP contribution in [0.5, 0.6) is 0 Å². The number of rotatable bonds is 6. The van der Waals surface area contributed by atoms with Crippen LogP contribution >= 0.6 is 11.6 Å². The Morgan fingerprint density at radius 3 is 2.70 bits per heavy atom. The molecular formula is C20H18ClF3N2O. The molecule has 0 saturated heterocycles. The lowest BCUT2D eigenvalue weighted by atomic mass is 10.1. The minimum atomic E-state index is -4.37. The van der Waals surface area contributed by atoms with Crippen LogP contribution in [-0.2, 0) is 23.8 Å². The molecule has 1 amide bonds. The topological polar surface area (TPSA) is 44.9 Å². The fourth-order valence-electron chi connectivity index (χ4n) is 2.94. The Kier molecular flexibility index (Phi) is 5.75. The first-order valence-electron chi connectivity index (χ1n) is 8.51. The number of fused-ring (bicyclic) bond motifs is 1. The fourth-order valence-corrected chi connectivity index (χ4v) is 3.12. The summed E-state index contributed by atoms with van der Waals surface area (Å²) in [6.07, 6.45) is -1.45. The number of nitrogens with one attached hydrogen (secondary N) is 2. The third kappa shape index (κ3) is 5.04. The number of carbonyl (C=O) groups excluding carboxylic acids is 1. The average molecular weight is 395 g/mol. The number of aryl methyl sites for hydroxylation is 1. The van der Waals surface area contributed by atoms with Gasteiger partial charge in [0.2, 0.25) is 5.91 Å². The van der Waals surface area contributed by atoms with Crippen molar-refractivity contribution in [2.45, 2.75) is 25.4 Å². The van der Waals surface area contributed by atoms with Crippen LogP contribution in [0, 0.1) is 0 Å². The van der Waals surface area contributed by atoms with E-state index < -0.39 is 11.7 Å². The lowest BCUT2D eigenvalue weighted by Crippen LogP contribution is -2.25. The number of benzene rings is 2. The van der Waals surface area contributed by atoms with Gasteiger partial charge in [0.25, 0.3) is 0 Å². The molecule has 0 radical (unpaired) electrons. The second-order valence-corrected chi connectivity index (χ2v) is 6.74. The van der Waals surface area contributed by atoms with Crippen molar-refractivity contribution in [2.75, 3.05) is 6.54 Å². The number of hydrogen-bond donors (Lipinski definition) is 2. The maximum absolute atomic E-state index is 12.7. The number of amides is 1. The van der Waals surface area contributed by atoms with Gasteiger partial charge in [-0.25, -0.2) is 0 Å². The van der Waals surface area contributed by atoms with Gasteiger partial charge in [-0.05, 0) is 48.2 Å². The zero-order valence-electron chi connectivity index (χ0n) is 14.4. The maximum Gasteiger partial charge on any atom is 0.416 e. The van der Waals surface area contributed by atoms with E-state index in [1.54, 1.807) is 12.1 Å². The van der Waals surface area contributed by atoms with Crippen molar-refractivity contribution in [1.82, 2.24) is 10.3 Å². The molecule has 2 N–H and O–H groups in total. The second-order valence-electron chi connectivity index (χ2n) is 6.30. The van der Waals surface area contributed by atoms with Gasteiger partial charge in [-0.15, -0.1) is 0 Å². The van der Waals surface area contributed by atoms with Gasteiger partial charge in [-0.2, -0.15) is 13.2 Å². The summed E-state index contributed by atoms with van der Waals surface area (Å²) in [4.78, 5) is 15.1. The molecule has 1 aromatic heterocycles. The van der Waals surface area contributed by atoms with E-state index in [0.29, 0.717) is 23.6 Å². The van der Waals surface area contributed by atoms with Gasteiger partial charge in [0.1, 0.15) is 0 Å². The summed E-state index contributed by atoms with van der Waals surface area (Å²) >= 11 is 6.02. The molecule has 3 rings (SSSR count). The summed E-state index contributed by atoms with van der Waals surface area (Å²) in [5, 5.41) is 4.47. The van der Waals surface area contributed by atoms with Crippen molar-refractivity contribution in [3.63, 3.8) is 0 Å². The Labute approximate surface area is 159 Å². The van der Waals surface area contributed by atoms with Crippen LogP contribution < -0.4 is 5.32 Å². The summed E-state index contributed by atoms with van der Waals surface area (Å²) in [6, 6.07) is 10.6. The van der Waals surface area contributed by atoms with Crippen molar-refractivity contribution in [2.24, 2.45) is 0 Å². The van der Waals surface area contributed by atoms with Crippen molar-refractivity contribution in [3.05, 3.63) is 70.4 Å². The molecule has 0 spiro atoms. The van der Waals surface area contributed by atoms with E-state index in [1.807, 2.05) is 18.3 Å². The Balaban J connectivity index is 1.49. The highest BCUT2D eigenvalue weighted by Crippen LogP contribution is 2.29. The fraction of sp³-hybridized carbons (Fsp3) is 0.250. The normalized spacial score (nSPS) is 11.7. The first kappa shape index (κ1) is 19.3. The number of H-pyrrole nitrogens is 1. The van der Waals surface area contributed by atoms with E-state index in [4.69, 9.17) is 11.6 Å². The molecule has 0 saturated carbocycles. The first-order valence-corrected chi connectivity index (χ1v) is 8.89. The highest BCUT2D eigenvalue weighted by Gasteiger charge is 2.30. The molecule has 0 unspecified atom stereocenters. The Morgan fingerprint density at radius 2 is 1.93 bits per heavy atom. The molecule has 0 aliphatic rings. The average Bonchev–Trinajstić information content (AvgIpc) is 3.02. The number of hydrogen-bond acceptors (Lipinski definition) is 1. The molecule has 7 heteroatoms. The number of aromatic nitrogens is 1. The predicted octanol–water partition coefficient (Wildman–Crippen LogP) is 5.13. The highest BCUT2D eigenvalue weighted by molar-refractivity contribution is 6.31. The van der Waals surface area contributed by atoms with Gasteiger partial charge in [-0.3, -0.25) is 4.79 Å². The zero-order chi connectivity index (χ0) is 19.4. The molecule has 1 heterocycles. The summed E-state index contributed by atoms with van der Waals surface area (Å²) in [5.41, 5.74) is 1.82. The summed E-state index contributed by atoms with van der Waals surface area (Å²) in [6.45, 7) is 0.445. The minimum Gasteiger partial charge on any atom is -0.361 e. The third-order valence-corrected chi connectivity index (χ3v) is 4.58. The molecule has 3 nitrogen and oxygen atoms in total. The van der Waals surface area contributed by atoms with E-state index in [2.05, 4.69) is 10.3 Å². The number of aromatic amines is 1. The molecule has 0 aliphatic carbocycles.